The van der Waals surface area contributed by atoms with Gasteiger partial charge in [0.2, 0.25) is 5.91 Å². The van der Waals surface area contributed by atoms with Gasteiger partial charge in [-0.2, -0.15) is 0 Å². The van der Waals surface area contributed by atoms with Gasteiger partial charge < -0.3 is 10.0 Å². The molecule has 0 spiro atoms. The fourth-order valence-corrected chi connectivity index (χ4v) is 5.36. The van der Waals surface area contributed by atoms with Gasteiger partial charge in [0.05, 0.1) is 11.3 Å². The molecule has 1 aromatic rings. The Labute approximate surface area is 159 Å². The largest absolute Gasteiger partial charge is 0.481 e. The summed E-state index contributed by atoms with van der Waals surface area (Å²) in [5, 5.41) is 9.74. The van der Waals surface area contributed by atoms with Crippen molar-refractivity contribution in [2.45, 2.75) is 38.6 Å². The smallest absolute Gasteiger partial charge is 0.311 e. The summed E-state index contributed by atoms with van der Waals surface area (Å²) >= 11 is 0. The van der Waals surface area contributed by atoms with Crippen molar-refractivity contribution in [2.75, 3.05) is 26.2 Å². The van der Waals surface area contributed by atoms with E-state index in [2.05, 4.69) is 4.90 Å². The minimum Gasteiger partial charge on any atom is -0.481 e. The molecular formula is C21H27FN2O3. The van der Waals surface area contributed by atoms with Crippen molar-refractivity contribution in [3.05, 3.63) is 35.6 Å². The van der Waals surface area contributed by atoms with Crippen LogP contribution in [0, 0.1) is 23.1 Å². The third-order valence-electron chi connectivity index (χ3n) is 6.76. The molecule has 1 amide bonds. The molecule has 3 atom stereocenters. The van der Waals surface area contributed by atoms with E-state index in [9.17, 15) is 19.1 Å². The number of hydrogen-bond donors (Lipinski definition) is 1. The summed E-state index contributed by atoms with van der Waals surface area (Å²) in [4.78, 5) is 29.0. The number of halogens is 1. The van der Waals surface area contributed by atoms with Crippen molar-refractivity contribution >= 4 is 11.9 Å². The molecule has 0 aromatic heterocycles. The number of nitrogens with zero attached hydrogens (tertiary/aromatic N) is 2. The van der Waals surface area contributed by atoms with Gasteiger partial charge in [0.15, 0.2) is 0 Å². The van der Waals surface area contributed by atoms with Crippen LogP contribution in [0.1, 0.15) is 37.7 Å². The van der Waals surface area contributed by atoms with Crippen LogP contribution >= 0.6 is 0 Å². The van der Waals surface area contributed by atoms with Gasteiger partial charge in [0, 0.05) is 26.2 Å². The number of piperidine rings is 1. The van der Waals surface area contributed by atoms with Gasteiger partial charge in [-0.1, -0.05) is 18.6 Å². The van der Waals surface area contributed by atoms with Crippen molar-refractivity contribution in [3.63, 3.8) is 0 Å². The molecule has 2 saturated heterocycles. The number of carbonyl (C=O) groups is 2. The fourth-order valence-electron chi connectivity index (χ4n) is 5.36. The maximum atomic E-state index is 13.4. The standard InChI is InChI=1S/C21H27FN2O3/c22-18-7-1-4-15(10-18)11-23-9-3-5-16(12-23)19(25)24-13-17-6-2-8-21(17,14-24)20(26)27/h1,4,7,10,16-17H,2-3,5-6,8-9,11-14H2,(H,26,27)/t16?,17-,21+/m0/s1. The van der Waals surface area contributed by atoms with E-state index in [1.165, 1.54) is 6.07 Å². The summed E-state index contributed by atoms with van der Waals surface area (Å²) in [6.45, 7) is 3.17. The third-order valence-corrected chi connectivity index (χ3v) is 6.76. The Balaban J connectivity index is 1.40. The van der Waals surface area contributed by atoms with Crippen LogP contribution in [-0.4, -0.2) is 53.0 Å². The summed E-state index contributed by atoms with van der Waals surface area (Å²) in [6, 6.07) is 6.61. The predicted molar refractivity (Wildman–Crippen MR) is 98.4 cm³/mol. The maximum Gasteiger partial charge on any atom is 0.311 e. The lowest BCUT2D eigenvalue weighted by Crippen LogP contribution is -2.45. The van der Waals surface area contributed by atoms with Gasteiger partial charge in [0.25, 0.3) is 0 Å². The highest BCUT2D eigenvalue weighted by Crippen LogP contribution is 2.49. The lowest BCUT2D eigenvalue weighted by Gasteiger charge is -2.34. The van der Waals surface area contributed by atoms with Crippen molar-refractivity contribution in [3.8, 4) is 0 Å². The lowest BCUT2D eigenvalue weighted by atomic mass is 9.81. The first-order chi connectivity index (χ1) is 13.0. The monoisotopic (exact) mass is 374 g/mol. The molecule has 2 heterocycles. The Bertz CT molecular complexity index is 740. The number of amides is 1. The summed E-state index contributed by atoms with van der Waals surface area (Å²) in [7, 11) is 0. The van der Waals surface area contributed by atoms with Crippen LogP contribution in [0.25, 0.3) is 0 Å². The molecule has 27 heavy (non-hydrogen) atoms. The first kappa shape index (κ1) is 18.4. The van der Waals surface area contributed by atoms with E-state index in [1.54, 1.807) is 12.1 Å². The van der Waals surface area contributed by atoms with E-state index in [4.69, 9.17) is 0 Å². The Morgan fingerprint density at radius 2 is 2.07 bits per heavy atom. The molecule has 4 rings (SSSR count). The van der Waals surface area contributed by atoms with Gasteiger partial charge in [-0.05, 0) is 55.8 Å². The van der Waals surface area contributed by atoms with Crippen molar-refractivity contribution in [2.24, 2.45) is 17.3 Å². The molecule has 0 radical (unpaired) electrons. The van der Waals surface area contributed by atoms with Crippen LogP contribution in [0.4, 0.5) is 4.39 Å². The fraction of sp³-hybridized carbons (Fsp3) is 0.619. The topological polar surface area (TPSA) is 60.9 Å². The normalized spacial score (nSPS) is 31.1. The van der Waals surface area contributed by atoms with Gasteiger partial charge in [-0.15, -0.1) is 0 Å². The predicted octanol–water partition coefficient (Wildman–Crippen LogP) is 2.75. The second kappa shape index (κ2) is 7.23. The van der Waals surface area contributed by atoms with Crippen LogP contribution in [0.15, 0.2) is 24.3 Å². The average molecular weight is 374 g/mol. The van der Waals surface area contributed by atoms with Crippen LogP contribution in [0.5, 0.6) is 0 Å². The minimum atomic E-state index is -0.739. The van der Waals surface area contributed by atoms with Crippen molar-refractivity contribution in [1.82, 2.24) is 9.80 Å². The number of fused-ring (bicyclic) bond motifs is 1. The van der Waals surface area contributed by atoms with Gasteiger partial charge >= 0.3 is 5.97 Å². The summed E-state index contributed by atoms with van der Waals surface area (Å²) < 4.78 is 13.4. The Hall–Kier alpha value is -1.95. The highest BCUT2D eigenvalue weighted by Gasteiger charge is 2.56. The van der Waals surface area contributed by atoms with E-state index < -0.39 is 11.4 Å². The van der Waals surface area contributed by atoms with Crippen molar-refractivity contribution < 1.29 is 19.1 Å². The molecule has 1 saturated carbocycles. The number of rotatable bonds is 4. The van der Waals surface area contributed by atoms with Crippen LogP contribution in [-0.2, 0) is 16.1 Å². The Morgan fingerprint density at radius 1 is 1.22 bits per heavy atom. The van der Waals surface area contributed by atoms with Gasteiger partial charge in [-0.3, -0.25) is 14.5 Å². The van der Waals surface area contributed by atoms with E-state index in [0.717, 1.165) is 37.8 Å². The molecule has 3 aliphatic rings. The second-order valence-corrected chi connectivity index (χ2v) is 8.47. The quantitative estimate of drug-likeness (QED) is 0.880. The number of hydrogen-bond acceptors (Lipinski definition) is 3. The molecule has 1 unspecified atom stereocenters. The van der Waals surface area contributed by atoms with Gasteiger partial charge in [-0.25, -0.2) is 4.39 Å². The molecule has 6 heteroatoms. The molecule has 1 aliphatic carbocycles. The zero-order chi connectivity index (χ0) is 19.0. The average Bonchev–Trinajstić information content (AvgIpc) is 3.20. The number of benzene rings is 1. The van der Waals surface area contributed by atoms with Crippen LogP contribution < -0.4 is 0 Å². The molecule has 146 valence electrons. The van der Waals surface area contributed by atoms with E-state index in [-0.39, 0.29) is 23.6 Å². The molecule has 1 N–H and O–H groups in total. The third kappa shape index (κ3) is 3.47. The summed E-state index contributed by atoms with van der Waals surface area (Å²) in [5.41, 5.74) is 0.203. The highest BCUT2D eigenvalue weighted by atomic mass is 19.1. The van der Waals surface area contributed by atoms with Gasteiger partial charge in [0.1, 0.15) is 5.82 Å². The zero-order valence-electron chi connectivity index (χ0n) is 15.6. The van der Waals surface area contributed by atoms with E-state index in [0.29, 0.717) is 32.6 Å². The number of carbonyl (C=O) groups excluding carboxylic acids is 1. The SMILES string of the molecule is O=C(C1CCCN(Cc2cccc(F)c2)C1)N1C[C@@H]2CCC[C@@]2(C(=O)O)C1. The van der Waals surface area contributed by atoms with Crippen molar-refractivity contribution in [1.29, 1.82) is 0 Å². The van der Waals surface area contributed by atoms with E-state index in [1.807, 2.05) is 11.0 Å². The first-order valence-electron chi connectivity index (χ1n) is 9.97. The second-order valence-electron chi connectivity index (χ2n) is 8.47. The first-order valence-corrected chi connectivity index (χ1v) is 9.97. The molecule has 0 bridgehead atoms. The lowest BCUT2D eigenvalue weighted by molar-refractivity contribution is -0.149. The number of likely N-dealkylation sites (tertiary alicyclic amines) is 2. The highest BCUT2D eigenvalue weighted by molar-refractivity contribution is 5.83. The summed E-state index contributed by atoms with van der Waals surface area (Å²) in [6.07, 6.45) is 4.33. The number of aliphatic carboxylic acids is 1. The molecule has 1 aromatic carbocycles. The van der Waals surface area contributed by atoms with E-state index >= 15 is 0 Å². The molecular weight excluding hydrogens is 347 g/mol. The zero-order valence-corrected chi connectivity index (χ0v) is 15.6. The number of carboxylic acid groups (broad SMARTS) is 1. The Kier molecular flexibility index (Phi) is 4.93. The summed E-state index contributed by atoms with van der Waals surface area (Å²) in [5.74, 6) is -0.853. The van der Waals surface area contributed by atoms with Crippen LogP contribution in [0.2, 0.25) is 0 Å². The Morgan fingerprint density at radius 3 is 2.81 bits per heavy atom. The minimum absolute atomic E-state index is 0.0861. The maximum absolute atomic E-state index is 13.4. The molecule has 5 nitrogen and oxygen atoms in total. The molecule has 3 fully saturated rings. The molecule has 2 aliphatic heterocycles. The number of carboxylic acids is 1. The van der Waals surface area contributed by atoms with Crippen LogP contribution in [0.3, 0.4) is 0 Å².